The summed E-state index contributed by atoms with van der Waals surface area (Å²) in [6, 6.07) is 0. The van der Waals surface area contributed by atoms with Crippen LogP contribution in [0, 0.1) is 5.92 Å². The third-order valence-corrected chi connectivity index (χ3v) is 1.51. The summed E-state index contributed by atoms with van der Waals surface area (Å²) in [5.41, 5.74) is 7.40. The Morgan fingerprint density at radius 1 is 1.67 bits per heavy atom. The molecule has 9 heavy (non-hydrogen) atoms. The van der Waals surface area contributed by atoms with Gasteiger partial charge in [0.2, 0.25) is 0 Å². The minimum atomic E-state index is 0.456. The highest BCUT2D eigenvalue weighted by Gasteiger charge is 2.03. The molecule has 0 aromatic carbocycles. The molecule has 0 aromatic heterocycles. The summed E-state index contributed by atoms with van der Waals surface area (Å²) in [6.45, 7) is 5.94. The summed E-state index contributed by atoms with van der Waals surface area (Å²) in [6.07, 6.45) is 5.88. The fourth-order valence-corrected chi connectivity index (χ4v) is 0.773. The van der Waals surface area contributed by atoms with E-state index >= 15 is 0 Å². The lowest BCUT2D eigenvalue weighted by Gasteiger charge is -2.10. The molecule has 0 aliphatic heterocycles. The van der Waals surface area contributed by atoms with E-state index in [1.54, 1.807) is 0 Å². The fraction of sp³-hybridized carbons (Fsp3) is 0.250. The Bertz CT molecular complexity index is 187. The Labute approximate surface area is 55.6 Å². The zero-order valence-corrected chi connectivity index (χ0v) is 5.59. The number of rotatable bonds is 0. The molecular formula is C8H11N. The molecule has 1 unspecified atom stereocenters. The van der Waals surface area contributed by atoms with Gasteiger partial charge in [-0.1, -0.05) is 19.6 Å². The first kappa shape index (κ1) is 6.14. The van der Waals surface area contributed by atoms with Crippen LogP contribution in [0.3, 0.4) is 0 Å². The highest BCUT2D eigenvalue weighted by Crippen LogP contribution is 2.16. The van der Waals surface area contributed by atoms with Gasteiger partial charge in [0.15, 0.2) is 0 Å². The summed E-state index contributed by atoms with van der Waals surface area (Å²) in [5.74, 6) is 0.456. The highest BCUT2D eigenvalue weighted by atomic mass is 14.6. The number of hydrogen-bond acceptors (Lipinski definition) is 1. The van der Waals surface area contributed by atoms with Crippen LogP contribution in [0.4, 0.5) is 0 Å². The molecule has 0 radical (unpaired) electrons. The average molecular weight is 121 g/mol. The van der Waals surface area contributed by atoms with Crippen LogP contribution in [0.25, 0.3) is 0 Å². The van der Waals surface area contributed by atoms with Crippen molar-refractivity contribution in [2.45, 2.75) is 6.92 Å². The van der Waals surface area contributed by atoms with Gasteiger partial charge in [0, 0.05) is 5.70 Å². The van der Waals surface area contributed by atoms with Gasteiger partial charge < -0.3 is 5.73 Å². The minimum Gasteiger partial charge on any atom is -0.399 e. The Balaban J connectivity index is 2.82. The lowest BCUT2D eigenvalue weighted by molar-refractivity contribution is 0.880. The van der Waals surface area contributed by atoms with Gasteiger partial charge in [-0.15, -0.1) is 0 Å². The van der Waals surface area contributed by atoms with E-state index in [-0.39, 0.29) is 0 Å². The molecule has 1 heteroatoms. The van der Waals surface area contributed by atoms with E-state index in [2.05, 4.69) is 19.6 Å². The van der Waals surface area contributed by atoms with E-state index in [0.29, 0.717) is 5.92 Å². The molecule has 1 rings (SSSR count). The van der Waals surface area contributed by atoms with Crippen LogP contribution in [0.15, 0.2) is 36.1 Å². The summed E-state index contributed by atoms with van der Waals surface area (Å²) in [4.78, 5) is 0. The number of nitrogens with two attached hydrogens (primary N) is 1. The molecular weight excluding hydrogens is 110 g/mol. The summed E-state index contributed by atoms with van der Waals surface area (Å²) < 4.78 is 0. The molecule has 1 aliphatic carbocycles. The highest BCUT2D eigenvalue weighted by molar-refractivity contribution is 5.34. The van der Waals surface area contributed by atoms with Crippen molar-refractivity contribution in [1.82, 2.24) is 0 Å². The quantitative estimate of drug-likeness (QED) is 0.517. The summed E-state index contributed by atoms with van der Waals surface area (Å²) >= 11 is 0. The molecule has 0 saturated heterocycles. The van der Waals surface area contributed by atoms with Crippen LogP contribution in [-0.4, -0.2) is 0 Å². The van der Waals surface area contributed by atoms with E-state index in [1.165, 1.54) is 0 Å². The maximum Gasteiger partial charge on any atom is 0.0313 e. The molecule has 0 spiro atoms. The van der Waals surface area contributed by atoms with Crippen molar-refractivity contribution in [3.8, 4) is 0 Å². The van der Waals surface area contributed by atoms with Gasteiger partial charge in [-0.25, -0.2) is 0 Å². The van der Waals surface area contributed by atoms with Crippen LogP contribution < -0.4 is 5.73 Å². The van der Waals surface area contributed by atoms with E-state index in [1.807, 2.05) is 12.2 Å². The first-order chi connectivity index (χ1) is 4.20. The first-order valence-corrected chi connectivity index (χ1v) is 3.04. The van der Waals surface area contributed by atoms with Gasteiger partial charge in [0.1, 0.15) is 0 Å². The van der Waals surface area contributed by atoms with Gasteiger partial charge in [-0.3, -0.25) is 0 Å². The van der Waals surface area contributed by atoms with Gasteiger partial charge in [0.25, 0.3) is 0 Å². The Morgan fingerprint density at radius 3 is 2.78 bits per heavy atom. The van der Waals surface area contributed by atoms with Gasteiger partial charge in [-0.2, -0.15) is 0 Å². The topological polar surface area (TPSA) is 26.0 Å². The molecule has 1 aliphatic rings. The number of hydrogen-bond donors (Lipinski definition) is 1. The molecule has 1 atom stereocenters. The predicted octanol–water partition coefficient (Wildman–Crippen LogP) is 1.59. The summed E-state index contributed by atoms with van der Waals surface area (Å²) in [5, 5.41) is 0. The van der Waals surface area contributed by atoms with Crippen LogP contribution in [0.1, 0.15) is 6.92 Å². The number of allylic oxidation sites excluding steroid dienone is 4. The maximum atomic E-state index is 5.50. The zero-order valence-electron chi connectivity index (χ0n) is 5.59. The molecule has 0 amide bonds. The van der Waals surface area contributed by atoms with E-state index in [9.17, 15) is 0 Å². The SMILES string of the molecule is C=C1C=C(N)C=CC1C. The predicted molar refractivity (Wildman–Crippen MR) is 39.7 cm³/mol. The average Bonchev–Trinajstić information content (AvgIpc) is 1.80. The molecule has 0 bridgehead atoms. The first-order valence-electron chi connectivity index (χ1n) is 3.04. The molecule has 0 fully saturated rings. The smallest absolute Gasteiger partial charge is 0.0313 e. The molecule has 1 nitrogen and oxygen atoms in total. The van der Waals surface area contributed by atoms with Crippen molar-refractivity contribution < 1.29 is 0 Å². The van der Waals surface area contributed by atoms with Crippen molar-refractivity contribution >= 4 is 0 Å². The van der Waals surface area contributed by atoms with Crippen LogP contribution in [-0.2, 0) is 0 Å². The standard InChI is InChI=1S/C8H11N/c1-6-3-4-8(9)5-7(6)2/h3-6H,2,9H2,1H3. The zero-order chi connectivity index (χ0) is 6.85. The molecule has 0 aromatic rings. The largest absolute Gasteiger partial charge is 0.399 e. The molecule has 0 saturated carbocycles. The van der Waals surface area contributed by atoms with Crippen molar-refractivity contribution in [3.63, 3.8) is 0 Å². The van der Waals surface area contributed by atoms with E-state index in [0.717, 1.165) is 11.3 Å². The van der Waals surface area contributed by atoms with Crippen molar-refractivity contribution in [2.24, 2.45) is 11.7 Å². The molecule has 48 valence electrons. The van der Waals surface area contributed by atoms with Gasteiger partial charge in [0.05, 0.1) is 0 Å². The second-order valence-corrected chi connectivity index (χ2v) is 2.37. The van der Waals surface area contributed by atoms with Crippen LogP contribution >= 0.6 is 0 Å². The minimum absolute atomic E-state index is 0.456. The second kappa shape index (κ2) is 2.09. The Morgan fingerprint density at radius 2 is 2.33 bits per heavy atom. The van der Waals surface area contributed by atoms with Gasteiger partial charge >= 0.3 is 0 Å². The second-order valence-electron chi connectivity index (χ2n) is 2.37. The fourth-order valence-electron chi connectivity index (χ4n) is 0.773. The third kappa shape index (κ3) is 1.22. The van der Waals surface area contributed by atoms with Crippen molar-refractivity contribution in [2.75, 3.05) is 0 Å². The Hall–Kier alpha value is -0.980. The van der Waals surface area contributed by atoms with Crippen LogP contribution in [0.5, 0.6) is 0 Å². The van der Waals surface area contributed by atoms with E-state index < -0.39 is 0 Å². The van der Waals surface area contributed by atoms with Crippen LogP contribution in [0.2, 0.25) is 0 Å². The lowest BCUT2D eigenvalue weighted by atomic mass is 9.97. The molecule has 2 N–H and O–H groups in total. The normalized spacial score (nSPS) is 26.1. The monoisotopic (exact) mass is 121 g/mol. The maximum absolute atomic E-state index is 5.50. The van der Waals surface area contributed by atoms with E-state index in [4.69, 9.17) is 5.73 Å². The van der Waals surface area contributed by atoms with Gasteiger partial charge in [-0.05, 0) is 23.6 Å². The van der Waals surface area contributed by atoms with Crippen molar-refractivity contribution in [1.29, 1.82) is 0 Å². The lowest BCUT2D eigenvalue weighted by Crippen LogP contribution is -2.03. The third-order valence-electron chi connectivity index (χ3n) is 1.51. The van der Waals surface area contributed by atoms with Crippen molar-refractivity contribution in [3.05, 3.63) is 36.1 Å². The summed E-state index contributed by atoms with van der Waals surface area (Å²) in [7, 11) is 0. The Kier molecular flexibility index (Phi) is 1.43. The molecule has 0 heterocycles.